The first-order valence-electron chi connectivity index (χ1n) is 5.52. The van der Waals surface area contributed by atoms with Crippen LogP contribution in [0.15, 0.2) is 10.9 Å². The molecular weight excluding hydrogens is 220 g/mol. The molecule has 0 saturated carbocycles. The van der Waals surface area contributed by atoms with Crippen LogP contribution in [-0.4, -0.2) is 32.2 Å². The second-order valence-corrected chi connectivity index (χ2v) is 4.10. The van der Waals surface area contributed by atoms with Crippen molar-refractivity contribution in [1.29, 1.82) is 0 Å². The highest BCUT2D eigenvalue weighted by Gasteiger charge is 2.06. The van der Waals surface area contributed by atoms with Crippen LogP contribution in [0.1, 0.15) is 19.2 Å². The summed E-state index contributed by atoms with van der Waals surface area (Å²) in [6, 6.07) is 1.88. The molecule has 0 fully saturated rings. The van der Waals surface area contributed by atoms with Gasteiger partial charge >= 0.3 is 5.69 Å². The number of aromatic nitrogens is 4. The van der Waals surface area contributed by atoms with Crippen LogP contribution in [-0.2, 0) is 0 Å². The van der Waals surface area contributed by atoms with E-state index in [1.165, 1.54) is 4.40 Å². The summed E-state index contributed by atoms with van der Waals surface area (Å²) >= 11 is 0. The zero-order chi connectivity index (χ0) is 12.4. The first-order chi connectivity index (χ1) is 8.08. The van der Waals surface area contributed by atoms with Gasteiger partial charge in [-0.2, -0.15) is 5.10 Å². The van der Waals surface area contributed by atoms with Crippen molar-refractivity contribution in [2.45, 2.75) is 26.3 Å². The number of rotatable bonds is 4. The summed E-state index contributed by atoms with van der Waals surface area (Å²) in [5.74, 6) is 1.30. The molecule has 0 spiro atoms. The van der Waals surface area contributed by atoms with Crippen molar-refractivity contribution in [2.24, 2.45) is 5.73 Å². The van der Waals surface area contributed by atoms with Crippen molar-refractivity contribution >= 4 is 11.5 Å². The molecule has 0 radical (unpaired) electrons. The molecule has 2 aromatic heterocycles. The number of nitrogens with zero attached hydrogens (tertiary/aromatic N) is 3. The Labute approximate surface area is 98.1 Å². The second-order valence-electron chi connectivity index (χ2n) is 4.10. The molecule has 7 nitrogen and oxygen atoms in total. The SMILES string of the molecule is Cc1nc(NCCC(C)N)cc2n[nH]c(=O)n12. The summed E-state index contributed by atoms with van der Waals surface area (Å²) in [5.41, 5.74) is 5.95. The molecule has 2 rings (SSSR count). The minimum Gasteiger partial charge on any atom is -0.370 e. The number of anilines is 1. The quantitative estimate of drug-likeness (QED) is 0.686. The minimum absolute atomic E-state index is 0.153. The second kappa shape index (κ2) is 4.54. The van der Waals surface area contributed by atoms with Crippen molar-refractivity contribution in [3.63, 3.8) is 0 Å². The van der Waals surface area contributed by atoms with E-state index in [4.69, 9.17) is 5.73 Å². The van der Waals surface area contributed by atoms with E-state index in [-0.39, 0.29) is 11.7 Å². The minimum atomic E-state index is -0.271. The lowest BCUT2D eigenvalue weighted by molar-refractivity contribution is 0.689. The van der Waals surface area contributed by atoms with Crippen LogP contribution in [0.3, 0.4) is 0 Å². The highest BCUT2D eigenvalue weighted by atomic mass is 16.1. The average Bonchev–Trinajstić information content (AvgIpc) is 2.60. The number of nitrogens with two attached hydrogens (primary N) is 1. The zero-order valence-corrected chi connectivity index (χ0v) is 9.90. The number of fused-ring (bicyclic) bond motifs is 1. The van der Waals surface area contributed by atoms with Gasteiger partial charge in [0.25, 0.3) is 0 Å². The van der Waals surface area contributed by atoms with E-state index in [1.54, 1.807) is 13.0 Å². The van der Waals surface area contributed by atoms with E-state index in [2.05, 4.69) is 20.5 Å². The third kappa shape index (κ3) is 2.44. The van der Waals surface area contributed by atoms with Gasteiger partial charge in [-0.25, -0.2) is 19.3 Å². The predicted molar refractivity (Wildman–Crippen MR) is 65.1 cm³/mol. The third-order valence-electron chi connectivity index (χ3n) is 2.48. The Morgan fingerprint density at radius 2 is 2.41 bits per heavy atom. The van der Waals surface area contributed by atoms with Gasteiger partial charge in [-0.3, -0.25) is 0 Å². The van der Waals surface area contributed by atoms with Gasteiger partial charge in [-0.15, -0.1) is 0 Å². The molecule has 0 aliphatic rings. The lowest BCUT2D eigenvalue weighted by Crippen LogP contribution is -2.20. The van der Waals surface area contributed by atoms with E-state index < -0.39 is 0 Å². The maximum atomic E-state index is 11.4. The molecule has 2 heterocycles. The Bertz CT molecular complexity index is 570. The van der Waals surface area contributed by atoms with E-state index in [9.17, 15) is 4.79 Å². The summed E-state index contributed by atoms with van der Waals surface area (Å²) in [6.45, 7) is 4.46. The Kier molecular flexibility index (Phi) is 3.10. The number of aromatic amines is 1. The van der Waals surface area contributed by atoms with Crippen molar-refractivity contribution in [3.8, 4) is 0 Å². The number of hydrogen-bond donors (Lipinski definition) is 3. The van der Waals surface area contributed by atoms with Crippen LogP contribution in [0.2, 0.25) is 0 Å². The van der Waals surface area contributed by atoms with Gasteiger partial charge in [-0.1, -0.05) is 0 Å². The van der Waals surface area contributed by atoms with Crippen molar-refractivity contribution in [1.82, 2.24) is 19.6 Å². The van der Waals surface area contributed by atoms with Gasteiger partial charge < -0.3 is 11.1 Å². The van der Waals surface area contributed by atoms with E-state index >= 15 is 0 Å². The fraction of sp³-hybridized carbons (Fsp3) is 0.500. The molecule has 1 atom stereocenters. The Morgan fingerprint density at radius 3 is 3.12 bits per heavy atom. The first kappa shape index (κ1) is 11.6. The topological polar surface area (TPSA) is 101 Å². The van der Waals surface area contributed by atoms with Crippen molar-refractivity contribution in [2.75, 3.05) is 11.9 Å². The number of hydrogen-bond acceptors (Lipinski definition) is 5. The summed E-state index contributed by atoms with van der Waals surface area (Å²) in [4.78, 5) is 15.7. The fourth-order valence-electron chi connectivity index (χ4n) is 1.62. The lowest BCUT2D eigenvalue weighted by Gasteiger charge is -2.08. The molecule has 17 heavy (non-hydrogen) atoms. The largest absolute Gasteiger partial charge is 0.370 e. The van der Waals surface area contributed by atoms with Crippen LogP contribution >= 0.6 is 0 Å². The fourth-order valence-corrected chi connectivity index (χ4v) is 1.62. The number of nitrogens with one attached hydrogen (secondary N) is 2. The highest BCUT2D eigenvalue weighted by molar-refractivity contribution is 5.49. The molecule has 92 valence electrons. The van der Waals surface area contributed by atoms with Crippen LogP contribution in [0, 0.1) is 6.92 Å². The van der Waals surface area contributed by atoms with Crippen molar-refractivity contribution in [3.05, 3.63) is 22.4 Å². The zero-order valence-electron chi connectivity index (χ0n) is 9.90. The van der Waals surface area contributed by atoms with Gasteiger partial charge in [-0.05, 0) is 20.3 Å². The van der Waals surface area contributed by atoms with Gasteiger partial charge in [0.1, 0.15) is 11.6 Å². The number of aryl methyl sites for hydroxylation is 1. The maximum absolute atomic E-state index is 11.4. The Hall–Kier alpha value is -1.89. The summed E-state index contributed by atoms with van der Waals surface area (Å²) in [7, 11) is 0. The molecule has 0 aliphatic carbocycles. The molecule has 1 unspecified atom stereocenters. The monoisotopic (exact) mass is 236 g/mol. The highest BCUT2D eigenvalue weighted by Crippen LogP contribution is 2.07. The normalized spacial score (nSPS) is 12.9. The van der Waals surface area contributed by atoms with E-state index in [0.29, 0.717) is 17.3 Å². The van der Waals surface area contributed by atoms with Gasteiger partial charge in [0.15, 0.2) is 5.65 Å². The average molecular weight is 236 g/mol. The summed E-state index contributed by atoms with van der Waals surface area (Å²) < 4.78 is 1.43. The maximum Gasteiger partial charge on any atom is 0.349 e. The van der Waals surface area contributed by atoms with Crippen LogP contribution in [0.25, 0.3) is 5.65 Å². The van der Waals surface area contributed by atoms with Crippen LogP contribution in [0.4, 0.5) is 5.82 Å². The smallest absolute Gasteiger partial charge is 0.349 e. The molecule has 2 aromatic rings. The molecule has 0 bridgehead atoms. The Morgan fingerprint density at radius 1 is 1.65 bits per heavy atom. The number of H-pyrrole nitrogens is 1. The standard InChI is InChI=1S/C10H16N6O/c1-6(11)3-4-12-8-5-9-14-15-10(17)16(9)7(2)13-8/h5-6,12H,3-4,11H2,1-2H3,(H,15,17). The van der Waals surface area contributed by atoms with Crippen LogP contribution in [0.5, 0.6) is 0 Å². The van der Waals surface area contributed by atoms with Gasteiger partial charge in [0, 0.05) is 18.7 Å². The third-order valence-corrected chi connectivity index (χ3v) is 2.48. The molecule has 0 aromatic carbocycles. The molecule has 4 N–H and O–H groups in total. The molecule has 0 amide bonds. The van der Waals surface area contributed by atoms with Gasteiger partial charge in [0.05, 0.1) is 0 Å². The summed E-state index contributed by atoms with van der Waals surface area (Å²) in [6.07, 6.45) is 0.860. The molecule has 7 heteroatoms. The Balaban J connectivity index is 2.22. The van der Waals surface area contributed by atoms with Crippen LogP contribution < -0.4 is 16.7 Å². The first-order valence-corrected chi connectivity index (χ1v) is 5.52. The van der Waals surface area contributed by atoms with Crippen molar-refractivity contribution < 1.29 is 0 Å². The molecule has 0 saturated heterocycles. The van der Waals surface area contributed by atoms with E-state index in [1.807, 2.05) is 6.92 Å². The molecule has 0 aliphatic heterocycles. The lowest BCUT2D eigenvalue weighted by atomic mass is 10.2. The predicted octanol–water partition coefficient (Wildman–Crippen LogP) is -0.125. The van der Waals surface area contributed by atoms with Gasteiger partial charge in [0.2, 0.25) is 0 Å². The van der Waals surface area contributed by atoms with E-state index in [0.717, 1.165) is 13.0 Å². The summed E-state index contributed by atoms with van der Waals surface area (Å²) in [5, 5.41) is 9.45. The molecular formula is C10H16N6O.